The Morgan fingerprint density at radius 3 is 1.64 bits per heavy atom. The van der Waals surface area contributed by atoms with Crippen molar-refractivity contribution in [1.29, 1.82) is 0 Å². The predicted octanol–water partition coefficient (Wildman–Crippen LogP) is 3.42. The maximum absolute atomic E-state index is 3.85. The standard InChI is InChI=1S/C13H27N/c1-7-13(6)10-14(8-11(2)3)9-12(4)5/h7,11-13H,1,8-10H2,2-6H3/t13-/m0/s1. The molecule has 0 saturated carbocycles. The first-order valence-electron chi connectivity index (χ1n) is 5.80. The lowest BCUT2D eigenvalue weighted by Gasteiger charge is -2.27. The minimum absolute atomic E-state index is 0.604. The van der Waals surface area contributed by atoms with Gasteiger partial charge >= 0.3 is 0 Å². The third-order valence-corrected chi connectivity index (χ3v) is 2.20. The summed E-state index contributed by atoms with van der Waals surface area (Å²) >= 11 is 0. The molecule has 1 nitrogen and oxygen atoms in total. The molecule has 0 aromatic rings. The van der Waals surface area contributed by atoms with Crippen molar-refractivity contribution in [3.63, 3.8) is 0 Å². The molecule has 84 valence electrons. The quantitative estimate of drug-likeness (QED) is 0.565. The largest absolute Gasteiger partial charge is 0.302 e. The van der Waals surface area contributed by atoms with Crippen LogP contribution in [0, 0.1) is 17.8 Å². The Hall–Kier alpha value is -0.300. The van der Waals surface area contributed by atoms with Crippen LogP contribution in [0.3, 0.4) is 0 Å². The van der Waals surface area contributed by atoms with Gasteiger partial charge in [-0.2, -0.15) is 0 Å². The third-order valence-electron chi connectivity index (χ3n) is 2.20. The van der Waals surface area contributed by atoms with Crippen LogP contribution < -0.4 is 0 Å². The summed E-state index contributed by atoms with van der Waals surface area (Å²) in [7, 11) is 0. The molecule has 0 aliphatic carbocycles. The van der Waals surface area contributed by atoms with Crippen molar-refractivity contribution in [2.75, 3.05) is 19.6 Å². The summed E-state index contributed by atoms with van der Waals surface area (Å²) in [5, 5.41) is 0. The molecule has 0 amide bonds. The van der Waals surface area contributed by atoms with E-state index in [2.05, 4.69) is 46.1 Å². The number of rotatable bonds is 7. The SMILES string of the molecule is C=C[C@H](C)CN(CC(C)C)CC(C)C. The minimum atomic E-state index is 0.604. The van der Waals surface area contributed by atoms with Gasteiger partial charge in [-0.05, 0) is 17.8 Å². The van der Waals surface area contributed by atoms with E-state index in [4.69, 9.17) is 0 Å². The highest BCUT2D eigenvalue weighted by atomic mass is 15.1. The van der Waals surface area contributed by atoms with Gasteiger partial charge in [0.25, 0.3) is 0 Å². The first-order valence-corrected chi connectivity index (χ1v) is 5.80. The monoisotopic (exact) mass is 197 g/mol. The zero-order valence-corrected chi connectivity index (χ0v) is 10.6. The van der Waals surface area contributed by atoms with Gasteiger partial charge < -0.3 is 4.90 Å². The van der Waals surface area contributed by atoms with E-state index in [9.17, 15) is 0 Å². The van der Waals surface area contributed by atoms with Crippen LogP contribution in [-0.4, -0.2) is 24.5 Å². The Labute approximate surface area is 90.2 Å². The van der Waals surface area contributed by atoms with E-state index in [1.165, 1.54) is 13.1 Å². The molecule has 0 aromatic carbocycles. The molecule has 0 fully saturated rings. The van der Waals surface area contributed by atoms with Crippen LogP contribution in [0.25, 0.3) is 0 Å². The number of hydrogen-bond donors (Lipinski definition) is 0. The summed E-state index contributed by atoms with van der Waals surface area (Å²) in [5.41, 5.74) is 0. The molecule has 0 rings (SSSR count). The fourth-order valence-corrected chi connectivity index (χ4v) is 1.74. The second-order valence-electron chi connectivity index (χ2n) is 5.22. The molecule has 0 spiro atoms. The highest BCUT2D eigenvalue weighted by Gasteiger charge is 2.11. The molecule has 0 heterocycles. The molecule has 0 aliphatic heterocycles. The number of nitrogens with zero attached hydrogens (tertiary/aromatic N) is 1. The fraction of sp³-hybridized carbons (Fsp3) is 0.846. The Morgan fingerprint density at radius 2 is 1.36 bits per heavy atom. The smallest absolute Gasteiger partial charge is 0.00418 e. The molecule has 0 radical (unpaired) electrons. The van der Waals surface area contributed by atoms with Gasteiger partial charge in [0.15, 0.2) is 0 Å². The zero-order valence-electron chi connectivity index (χ0n) is 10.6. The van der Waals surface area contributed by atoms with Crippen molar-refractivity contribution in [3.05, 3.63) is 12.7 Å². The average Bonchev–Trinajstić information content (AvgIpc) is 2.01. The normalized spacial score (nSPS) is 14.0. The molecular formula is C13H27N. The highest BCUT2D eigenvalue weighted by molar-refractivity contribution is 4.78. The molecule has 0 N–H and O–H groups in total. The molecule has 14 heavy (non-hydrogen) atoms. The van der Waals surface area contributed by atoms with Crippen molar-refractivity contribution >= 4 is 0 Å². The Morgan fingerprint density at radius 1 is 0.929 bits per heavy atom. The van der Waals surface area contributed by atoms with E-state index >= 15 is 0 Å². The van der Waals surface area contributed by atoms with Crippen molar-refractivity contribution in [2.24, 2.45) is 17.8 Å². The van der Waals surface area contributed by atoms with Crippen LogP contribution in [0.5, 0.6) is 0 Å². The van der Waals surface area contributed by atoms with Crippen molar-refractivity contribution in [1.82, 2.24) is 4.90 Å². The highest BCUT2D eigenvalue weighted by Crippen LogP contribution is 2.07. The molecule has 0 aliphatic rings. The van der Waals surface area contributed by atoms with E-state index < -0.39 is 0 Å². The van der Waals surface area contributed by atoms with Gasteiger partial charge in [0.2, 0.25) is 0 Å². The van der Waals surface area contributed by atoms with Crippen LogP contribution in [0.4, 0.5) is 0 Å². The van der Waals surface area contributed by atoms with Crippen molar-refractivity contribution in [2.45, 2.75) is 34.6 Å². The average molecular weight is 197 g/mol. The second-order valence-corrected chi connectivity index (χ2v) is 5.22. The summed E-state index contributed by atoms with van der Waals surface area (Å²) in [5.74, 6) is 2.11. The molecule has 1 atom stereocenters. The maximum Gasteiger partial charge on any atom is 0.00418 e. The van der Waals surface area contributed by atoms with E-state index in [-0.39, 0.29) is 0 Å². The zero-order chi connectivity index (χ0) is 11.1. The Balaban J connectivity index is 4.02. The van der Waals surface area contributed by atoms with Crippen molar-refractivity contribution < 1.29 is 0 Å². The molecule has 0 aromatic heterocycles. The lowest BCUT2D eigenvalue weighted by molar-refractivity contribution is 0.204. The van der Waals surface area contributed by atoms with Gasteiger partial charge in [0.05, 0.1) is 0 Å². The van der Waals surface area contributed by atoms with Crippen LogP contribution in [-0.2, 0) is 0 Å². The van der Waals surface area contributed by atoms with Crippen molar-refractivity contribution in [3.8, 4) is 0 Å². The van der Waals surface area contributed by atoms with Crippen LogP contribution in [0.15, 0.2) is 12.7 Å². The molecular weight excluding hydrogens is 170 g/mol. The summed E-state index contributed by atoms with van der Waals surface area (Å²) < 4.78 is 0. The summed E-state index contributed by atoms with van der Waals surface area (Å²) in [6, 6.07) is 0. The van der Waals surface area contributed by atoms with Gasteiger partial charge in [-0.3, -0.25) is 0 Å². The van der Waals surface area contributed by atoms with Crippen LogP contribution in [0.2, 0.25) is 0 Å². The maximum atomic E-state index is 3.85. The van der Waals surface area contributed by atoms with Gasteiger partial charge in [0.1, 0.15) is 0 Å². The third kappa shape index (κ3) is 7.14. The molecule has 0 bridgehead atoms. The van der Waals surface area contributed by atoms with Gasteiger partial charge in [-0.25, -0.2) is 0 Å². The first kappa shape index (κ1) is 13.7. The Bertz CT molecular complexity index is 139. The Kier molecular flexibility index (Phi) is 6.90. The summed E-state index contributed by atoms with van der Waals surface area (Å²) in [6.07, 6.45) is 2.05. The lowest BCUT2D eigenvalue weighted by Crippen LogP contribution is -2.34. The fourth-order valence-electron chi connectivity index (χ4n) is 1.74. The van der Waals surface area contributed by atoms with E-state index in [0.29, 0.717) is 5.92 Å². The van der Waals surface area contributed by atoms with E-state index in [1.807, 2.05) is 6.08 Å². The number of hydrogen-bond acceptors (Lipinski definition) is 1. The molecule has 0 unspecified atom stereocenters. The molecule has 0 saturated heterocycles. The second kappa shape index (κ2) is 7.05. The minimum Gasteiger partial charge on any atom is -0.302 e. The predicted molar refractivity (Wildman–Crippen MR) is 65.5 cm³/mol. The topological polar surface area (TPSA) is 3.24 Å². The van der Waals surface area contributed by atoms with Crippen LogP contribution in [0.1, 0.15) is 34.6 Å². The van der Waals surface area contributed by atoms with Gasteiger partial charge in [-0.15, -0.1) is 6.58 Å². The van der Waals surface area contributed by atoms with E-state index in [1.54, 1.807) is 0 Å². The van der Waals surface area contributed by atoms with Crippen LogP contribution >= 0.6 is 0 Å². The van der Waals surface area contributed by atoms with E-state index in [0.717, 1.165) is 18.4 Å². The van der Waals surface area contributed by atoms with Gasteiger partial charge in [-0.1, -0.05) is 40.7 Å². The van der Waals surface area contributed by atoms with Gasteiger partial charge in [0, 0.05) is 19.6 Å². The first-order chi connectivity index (χ1) is 6.45. The molecule has 1 heteroatoms. The summed E-state index contributed by atoms with van der Waals surface area (Å²) in [6.45, 7) is 18.8. The summed E-state index contributed by atoms with van der Waals surface area (Å²) in [4.78, 5) is 2.56. The lowest BCUT2D eigenvalue weighted by atomic mass is 10.1.